The van der Waals surface area contributed by atoms with Gasteiger partial charge in [0.2, 0.25) is 5.91 Å². The van der Waals surface area contributed by atoms with Gasteiger partial charge in [0.05, 0.1) is 30.6 Å². The van der Waals surface area contributed by atoms with Crippen LogP contribution in [0.2, 0.25) is 0 Å². The minimum absolute atomic E-state index is 0.0563. The molecule has 1 saturated heterocycles. The summed E-state index contributed by atoms with van der Waals surface area (Å²) in [6, 6.07) is 11.7. The minimum Gasteiger partial charge on any atom is -0.374 e. The van der Waals surface area contributed by atoms with Crippen molar-refractivity contribution in [1.82, 2.24) is 0 Å². The van der Waals surface area contributed by atoms with E-state index < -0.39 is 0 Å². The Morgan fingerprint density at radius 3 is 2.43 bits per heavy atom. The van der Waals surface area contributed by atoms with Crippen LogP contribution in [0, 0.1) is 23.2 Å². The molecule has 4 nitrogen and oxygen atoms in total. The zero-order chi connectivity index (χ0) is 15.4. The van der Waals surface area contributed by atoms with Crippen molar-refractivity contribution in [2.75, 3.05) is 11.4 Å². The average Bonchev–Trinajstić information content (AvgIpc) is 2.73. The first kappa shape index (κ1) is 15.5. The van der Waals surface area contributed by atoms with Crippen molar-refractivity contribution >= 4 is 11.6 Å². The van der Waals surface area contributed by atoms with Crippen molar-refractivity contribution in [2.24, 2.45) is 11.8 Å². The molecule has 1 aromatic rings. The number of hydrogen-bond donors (Lipinski definition) is 0. The van der Waals surface area contributed by atoms with Crippen LogP contribution in [-0.4, -0.2) is 24.7 Å². The molecule has 0 saturated carbocycles. The molecule has 1 aromatic carbocycles. The van der Waals surface area contributed by atoms with Crippen molar-refractivity contribution in [1.29, 1.82) is 5.26 Å². The van der Waals surface area contributed by atoms with Crippen LogP contribution in [0.3, 0.4) is 0 Å². The first-order valence-corrected chi connectivity index (χ1v) is 7.45. The molecule has 0 aromatic heterocycles. The molecule has 0 spiro atoms. The molecule has 112 valence electrons. The Kier molecular flexibility index (Phi) is 4.98. The number of anilines is 1. The van der Waals surface area contributed by atoms with Crippen LogP contribution in [0.25, 0.3) is 0 Å². The topological polar surface area (TPSA) is 53.3 Å². The maximum Gasteiger partial charge on any atom is 0.233 e. The van der Waals surface area contributed by atoms with Crippen LogP contribution in [-0.2, 0) is 9.53 Å². The molecule has 1 fully saturated rings. The molecular formula is C17H22N2O2. The predicted octanol–water partition coefficient (Wildman–Crippen LogP) is 2.99. The number of para-hydroxylation sites is 1. The highest BCUT2D eigenvalue weighted by atomic mass is 16.5. The van der Waals surface area contributed by atoms with E-state index in [1.165, 1.54) is 0 Å². The monoisotopic (exact) mass is 286 g/mol. The van der Waals surface area contributed by atoms with Crippen molar-refractivity contribution in [3.05, 3.63) is 30.3 Å². The van der Waals surface area contributed by atoms with Crippen molar-refractivity contribution in [2.45, 2.75) is 39.4 Å². The maximum atomic E-state index is 13.0. The third-order valence-electron chi connectivity index (χ3n) is 4.31. The molecule has 1 heterocycles. The fraction of sp³-hybridized carbons (Fsp3) is 0.529. The number of rotatable bonds is 4. The van der Waals surface area contributed by atoms with Crippen LogP contribution >= 0.6 is 0 Å². The summed E-state index contributed by atoms with van der Waals surface area (Å²) < 4.78 is 5.79. The Morgan fingerprint density at radius 1 is 1.24 bits per heavy atom. The quantitative estimate of drug-likeness (QED) is 0.855. The summed E-state index contributed by atoms with van der Waals surface area (Å²) in [6.07, 6.45) is 0.324. The first-order chi connectivity index (χ1) is 10.1. The summed E-state index contributed by atoms with van der Waals surface area (Å²) in [5.74, 6) is 0.0838. The molecule has 1 aliphatic rings. The Hall–Kier alpha value is -1.86. The molecule has 0 radical (unpaired) electrons. The second-order valence-electron chi connectivity index (χ2n) is 5.66. The van der Waals surface area contributed by atoms with Gasteiger partial charge in [-0.1, -0.05) is 25.1 Å². The van der Waals surface area contributed by atoms with E-state index in [1.807, 2.05) is 44.2 Å². The number of carbonyl (C=O) groups excluding carboxylic acids is 1. The number of nitrogens with zero attached hydrogens (tertiary/aromatic N) is 2. The van der Waals surface area contributed by atoms with Gasteiger partial charge in [-0.25, -0.2) is 0 Å². The molecule has 0 N–H and O–H groups in total. The third-order valence-corrected chi connectivity index (χ3v) is 4.31. The standard InChI is InChI=1S/C17H22N2O2/c1-12-13(2)21-14(3)16(12)17(20)19(11-7-10-18)15-8-5-4-6-9-15/h4-6,8-9,12-14,16H,7,11H2,1-3H3. The molecule has 4 atom stereocenters. The van der Waals surface area contributed by atoms with E-state index in [0.717, 1.165) is 5.69 Å². The van der Waals surface area contributed by atoms with Gasteiger partial charge in [0, 0.05) is 12.2 Å². The summed E-state index contributed by atoms with van der Waals surface area (Å²) in [5.41, 5.74) is 0.844. The van der Waals surface area contributed by atoms with Gasteiger partial charge < -0.3 is 9.64 Å². The van der Waals surface area contributed by atoms with Crippen molar-refractivity contribution in [3.63, 3.8) is 0 Å². The summed E-state index contributed by atoms with van der Waals surface area (Å²) in [4.78, 5) is 14.7. The Labute approximate surface area is 126 Å². The van der Waals surface area contributed by atoms with E-state index in [4.69, 9.17) is 10.00 Å². The lowest BCUT2D eigenvalue weighted by atomic mass is 9.88. The Morgan fingerprint density at radius 2 is 1.90 bits per heavy atom. The number of hydrogen-bond acceptors (Lipinski definition) is 3. The lowest BCUT2D eigenvalue weighted by Gasteiger charge is -2.28. The van der Waals surface area contributed by atoms with Gasteiger partial charge in [-0.2, -0.15) is 5.26 Å². The highest BCUT2D eigenvalue weighted by molar-refractivity contribution is 5.95. The largest absolute Gasteiger partial charge is 0.374 e. The van der Waals surface area contributed by atoms with E-state index in [9.17, 15) is 4.79 Å². The van der Waals surface area contributed by atoms with E-state index in [0.29, 0.717) is 13.0 Å². The summed E-state index contributed by atoms with van der Waals surface area (Å²) in [5, 5.41) is 8.84. The molecule has 4 heteroatoms. The van der Waals surface area contributed by atoms with E-state index in [2.05, 4.69) is 13.0 Å². The van der Waals surface area contributed by atoms with Gasteiger partial charge in [-0.3, -0.25) is 4.79 Å². The summed E-state index contributed by atoms with van der Waals surface area (Å²) >= 11 is 0. The van der Waals surface area contributed by atoms with Crippen LogP contribution in [0.5, 0.6) is 0 Å². The molecule has 0 aliphatic carbocycles. The zero-order valence-electron chi connectivity index (χ0n) is 12.8. The Bertz CT molecular complexity index is 523. The average molecular weight is 286 g/mol. The number of nitriles is 1. The van der Waals surface area contributed by atoms with Gasteiger partial charge in [-0.05, 0) is 31.9 Å². The first-order valence-electron chi connectivity index (χ1n) is 7.45. The minimum atomic E-state index is -0.154. The van der Waals surface area contributed by atoms with Crippen molar-refractivity contribution < 1.29 is 9.53 Å². The molecule has 4 unspecified atom stereocenters. The molecule has 1 aliphatic heterocycles. The maximum absolute atomic E-state index is 13.0. The predicted molar refractivity (Wildman–Crippen MR) is 81.7 cm³/mol. The lowest BCUT2D eigenvalue weighted by molar-refractivity contribution is -0.124. The number of benzene rings is 1. The number of carbonyl (C=O) groups is 1. The fourth-order valence-electron chi connectivity index (χ4n) is 3.01. The SMILES string of the molecule is CC1OC(C)C(C(=O)N(CCC#N)c2ccccc2)C1C. The van der Waals surface area contributed by atoms with Crippen molar-refractivity contribution in [3.8, 4) is 6.07 Å². The lowest BCUT2D eigenvalue weighted by Crippen LogP contribution is -2.41. The molecule has 21 heavy (non-hydrogen) atoms. The number of ether oxygens (including phenoxy) is 1. The highest BCUT2D eigenvalue weighted by Crippen LogP contribution is 2.34. The fourth-order valence-corrected chi connectivity index (χ4v) is 3.01. The van der Waals surface area contributed by atoms with E-state index in [-0.39, 0.29) is 30.0 Å². The normalized spacial score (nSPS) is 28.1. The van der Waals surface area contributed by atoms with Gasteiger partial charge in [0.1, 0.15) is 0 Å². The van der Waals surface area contributed by atoms with Crippen LogP contribution in [0.4, 0.5) is 5.69 Å². The summed E-state index contributed by atoms with van der Waals surface area (Å²) in [7, 11) is 0. The molecule has 2 rings (SSSR count). The van der Waals surface area contributed by atoms with Gasteiger partial charge in [0.15, 0.2) is 0 Å². The van der Waals surface area contributed by atoms with E-state index in [1.54, 1.807) is 4.90 Å². The smallest absolute Gasteiger partial charge is 0.233 e. The number of amides is 1. The molecule has 0 bridgehead atoms. The summed E-state index contributed by atoms with van der Waals surface area (Å²) in [6.45, 7) is 6.44. The van der Waals surface area contributed by atoms with Crippen LogP contribution in [0.15, 0.2) is 30.3 Å². The van der Waals surface area contributed by atoms with Gasteiger partial charge >= 0.3 is 0 Å². The molecular weight excluding hydrogens is 264 g/mol. The third kappa shape index (κ3) is 3.25. The second kappa shape index (κ2) is 6.73. The van der Waals surface area contributed by atoms with Gasteiger partial charge in [0.25, 0.3) is 0 Å². The van der Waals surface area contributed by atoms with Crippen LogP contribution < -0.4 is 4.90 Å². The zero-order valence-corrected chi connectivity index (χ0v) is 12.8. The van der Waals surface area contributed by atoms with Gasteiger partial charge in [-0.15, -0.1) is 0 Å². The van der Waals surface area contributed by atoms with E-state index >= 15 is 0 Å². The van der Waals surface area contributed by atoms with Crippen LogP contribution in [0.1, 0.15) is 27.2 Å². The second-order valence-corrected chi connectivity index (χ2v) is 5.66. The molecule has 1 amide bonds. The highest BCUT2D eigenvalue weighted by Gasteiger charge is 2.43. The Balaban J connectivity index is 2.25.